The highest BCUT2D eigenvalue weighted by molar-refractivity contribution is 9.10. The van der Waals surface area contributed by atoms with E-state index in [9.17, 15) is 9.59 Å². The second-order valence-corrected chi connectivity index (χ2v) is 6.38. The van der Waals surface area contributed by atoms with E-state index in [2.05, 4.69) is 26.8 Å². The number of hydrogen-bond acceptors (Lipinski definition) is 3. The molecular formula is C18H16BrClN2O3. The molecule has 0 saturated carbocycles. The van der Waals surface area contributed by atoms with Crippen LogP contribution in [0.2, 0.25) is 5.02 Å². The van der Waals surface area contributed by atoms with E-state index in [1.807, 2.05) is 25.1 Å². The molecule has 25 heavy (non-hydrogen) atoms. The van der Waals surface area contributed by atoms with Gasteiger partial charge in [-0.15, -0.1) is 0 Å². The molecule has 2 aromatic rings. The van der Waals surface area contributed by atoms with Gasteiger partial charge in [-0.2, -0.15) is 0 Å². The molecule has 5 nitrogen and oxygen atoms in total. The van der Waals surface area contributed by atoms with Gasteiger partial charge < -0.3 is 4.74 Å². The summed E-state index contributed by atoms with van der Waals surface area (Å²) in [7, 11) is 0. The van der Waals surface area contributed by atoms with Gasteiger partial charge in [-0.25, -0.2) is 0 Å². The first kappa shape index (κ1) is 19.0. The van der Waals surface area contributed by atoms with Gasteiger partial charge in [0.1, 0.15) is 5.75 Å². The van der Waals surface area contributed by atoms with Crippen molar-refractivity contribution in [1.29, 1.82) is 0 Å². The van der Waals surface area contributed by atoms with E-state index in [0.717, 1.165) is 10.0 Å². The van der Waals surface area contributed by atoms with Gasteiger partial charge in [0.05, 0.1) is 4.47 Å². The van der Waals surface area contributed by atoms with Crippen LogP contribution < -0.4 is 15.6 Å². The summed E-state index contributed by atoms with van der Waals surface area (Å²) in [6, 6.07) is 12.6. The number of halogens is 2. The molecular weight excluding hydrogens is 408 g/mol. The van der Waals surface area contributed by atoms with E-state index in [-0.39, 0.29) is 6.61 Å². The lowest BCUT2D eigenvalue weighted by molar-refractivity contribution is -0.128. The number of nitrogens with one attached hydrogen (secondary N) is 2. The summed E-state index contributed by atoms with van der Waals surface area (Å²) in [5, 5.41) is 0.535. The van der Waals surface area contributed by atoms with E-state index in [0.29, 0.717) is 16.3 Å². The highest BCUT2D eigenvalue weighted by Gasteiger charge is 2.06. The molecule has 130 valence electrons. The standard InChI is InChI=1S/C18H16BrClN2O3/c1-12-6-8-16(14(19)10-12)25-11-18(24)22-21-17(23)9-7-13-4-2-3-5-15(13)20/h2-10H,11H2,1H3,(H,21,23)(H,22,24)/b9-7+. The number of hydrazine groups is 1. The van der Waals surface area contributed by atoms with Crippen LogP contribution in [0.5, 0.6) is 5.75 Å². The van der Waals surface area contributed by atoms with Crippen LogP contribution in [0.25, 0.3) is 6.08 Å². The maximum Gasteiger partial charge on any atom is 0.276 e. The Hall–Kier alpha value is -2.31. The molecule has 2 rings (SSSR count). The Bertz CT molecular complexity index is 809. The van der Waals surface area contributed by atoms with Crippen molar-refractivity contribution < 1.29 is 14.3 Å². The molecule has 0 heterocycles. The smallest absolute Gasteiger partial charge is 0.276 e. The third-order valence-electron chi connectivity index (χ3n) is 3.09. The molecule has 0 aliphatic heterocycles. The molecule has 7 heteroatoms. The van der Waals surface area contributed by atoms with E-state index in [4.69, 9.17) is 16.3 Å². The molecule has 2 amide bonds. The van der Waals surface area contributed by atoms with Gasteiger partial charge in [0.15, 0.2) is 6.61 Å². The minimum atomic E-state index is -0.482. The largest absolute Gasteiger partial charge is 0.483 e. The number of amides is 2. The van der Waals surface area contributed by atoms with Crippen molar-refractivity contribution in [2.75, 3.05) is 6.61 Å². The summed E-state index contributed by atoms with van der Waals surface area (Å²) in [6.45, 7) is 1.73. The number of carbonyl (C=O) groups excluding carboxylic acids is 2. The summed E-state index contributed by atoms with van der Waals surface area (Å²) in [4.78, 5) is 23.4. The average Bonchev–Trinajstić information content (AvgIpc) is 2.58. The molecule has 2 aromatic carbocycles. The first-order valence-electron chi connectivity index (χ1n) is 7.36. The summed E-state index contributed by atoms with van der Waals surface area (Å²) in [5.74, 6) is -0.414. The summed E-state index contributed by atoms with van der Waals surface area (Å²) >= 11 is 9.35. The lowest BCUT2D eigenvalue weighted by Crippen LogP contribution is -2.43. The van der Waals surface area contributed by atoms with Gasteiger partial charge in [-0.05, 0) is 58.3 Å². The molecule has 0 unspecified atom stereocenters. The normalized spacial score (nSPS) is 10.5. The monoisotopic (exact) mass is 422 g/mol. The fourth-order valence-electron chi connectivity index (χ4n) is 1.85. The van der Waals surface area contributed by atoms with Crippen molar-refractivity contribution in [3.63, 3.8) is 0 Å². The van der Waals surface area contributed by atoms with Crippen LogP contribution in [0.4, 0.5) is 0 Å². The molecule has 0 saturated heterocycles. The number of hydrogen-bond donors (Lipinski definition) is 2. The van der Waals surface area contributed by atoms with E-state index in [1.165, 1.54) is 6.08 Å². The highest BCUT2D eigenvalue weighted by Crippen LogP contribution is 2.25. The van der Waals surface area contributed by atoms with Crippen molar-refractivity contribution >= 4 is 45.4 Å². The molecule has 0 aromatic heterocycles. The molecule has 0 fully saturated rings. The predicted molar refractivity (Wildman–Crippen MR) is 101 cm³/mol. The number of carbonyl (C=O) groups is 2. The molecule has 0 spiro atoms. The Labute approximate surface area is 159 Å². The molecule has 0 aliphatic rings. The van der Waals surface area contributed by atoms with Crippen LogP contribution >= 0.6 is 27.5 Å². The van der Waals surface area contributed by atoms with Crippen LogP contribution in [0.15, 0.2) is 53.0 Å². The first-order valence-corrected chi connectivity index (χ1v) is 8.53. The topological polar surface area (TPSA) is 67.4 Å². The second kappa shape index (κ2) is 9.25. The quantitative estimate of drug-likeness (QED) is 0.570. The number of rotatable bonds is 5. The van der Waals surface area contributed by atoms with Crippen molar-refractivity contribution in [3.8, 4) is 5.75 Å². The van der Waals surface area contributed by atoms with Crippen LogP contribution in [0, 0.1) is 6.92 Å². The van der Waals surface area contributed by atoms with E-state index < -0.39 is 11.8 Å². The Morgan fingerprint density at radius 2 is 1.96 bits per heavy atom. The maximum absolute atomic E-state index is 11.7. The molecule has 2 N–H and O–H groups in total. The number of ether oxygens (including phenoxy) is 1. The Balaban J connectivity index is 1.77. The Kier molecular flexibility index (Phi) is 7.03. The second-order valence-electron chi connectivity index (χ2n) is 5.11. The highest BCUT2D eigenvalue weighted by atomic mass is 79.9. The predicted octanol–water partition coefficient (Wildman–Crippen LogP) is 3.65. The molecule has 0 aliphatic carbocycles. The van der Waals surface area contributed by atoms with Crippen LogP contribution in [-0.4, -0.2) is 18.4 Å². The van der Waals surface area contributed by atoms with E-state index >= 15 is 0 Å². The fraction of sp³-hybridized carbons (Fsp3) is 0.111. The van der Waals surface area contributed by atoms with Crippen LogP contribution in [0.3, 0.4) is 0 Å². The molecule has 0 atom stereocenters. The van der Waals surface area contributed by atoms with Crippen molar-refractivity contribution in [2.45, 2.75) is 6.92 Å². The summed E-state index contributed by atoms with van der Waals surface area (Å²) in [6.07, 6.45) is 2.84. The van der Waals surface area contributed by atoms with E-state index in [1.54, 1.807) is 30.3 Å². The molecule has 0 radical (unpaired) electrons. The van der Waals surface area contributed by atoms with Crippen molar-refractivity contribution in [1.82, 2.24) is 10.9 Å². The van der Waals surface area contributed by atoms with Gasteiger partial charge in [0.2, 0.25) is 0 Å². The summed E-state index contributed by atoms with van der Waals surface area (Å²) < 4.78 is 6.14. The Morgan fingerprint density at radius 1 is 1.20 bits per heavy atom. The molecule has 0 bridgehead atoms. The van der Waals surface area contributed by atoms with Gasteiger partial charge in [-0.1, -0.05) is 35.9 Å². The number of aryl methyl sites for hydroxylation is 1. The third kappa shape index (κ3) is 6.25. The number of benzene rings is 2. The fourth-order valence-corrected chi connectivity index (χ4v) is 2.66. The minimum Gasteiger partial charge on any atom is -0.483 e. The van der Waals surface area contributed by atoms with Gasteiger partial charge in [-0.3, -0.25) is 20.4 Å². The summed E-state index contributed by atoms with van der Waals surface area (Å²) in [5.41, 5.74) is 6.32. The maximum atomic E-state index is 11.7. The SMILES string of the molecule is Cc1ccc(OCC(=O)NNC(=O)/C=C/c2ccccc2Cl)c(Br)c1. The zero-order valence-corrected chi connectivity index (χ0v) is 15.7. The zero-order valence-electron chi connectivity index (χ0n) is 13.4. The van der Waals surface area contributed by atoms with Crippen molar-refractivity contribution in [2.24, 2.45) is 0 Å². The van der Waals surface area contributed by atoms with Crippen LogP contribution in [-0.2, 0) is 9.59 Å². The first-order chi connectivity index (χ1) is 12.0. The van der Waals surface area contributed by atoms with Gasteiger partial charge in [0.25, 0.3) is 11.8 Å². The zero-order chi connectivity index (χ0) is 18.2. The lowest BCUT2D eigenvalue weighted by Gasteiger charge is -2.09. The average molecular weight is 424 g/mol. The van der Waals surface area contributed by atoms with Crippen molar-refractivity contribution in [3.05, 3.63) is 69.2 Å². The third-order valence-corrected chi connectivity index (χ3v) is 4.05. The van der Waals surface area contributed by atoms with Gasteiger partial charge >= 0.3 is 0 Å². The lowest BCUT2D eigenvalue weighted by atomic mass is 10.2. The van der Waals surface area contributed by atoms with Crippen LogP contribution in [0.1, 0.15) is 11.1 Å². The minimum absolute atomic E-state index is 0.226. The van der Waals surface area contributed by atoms with Gasteiger partial charge in [0, 0.05) is 11.1 Å². The Morgan fingerprint density at radius 3 is 2.68 bits per heavy atom.